The molecular formula is C17H12N2O3S. The van der Waals surface area contributed by atoms with Gasteiger partial charge in [-0.15, -0.1) is 0 Å². The summed E-state index contributed by atoms with van der Waals surface area (Å²) >= 11 is 1.30. The highest BCUT2D eigenvalue weighted by Crippen LogP contribution is 2.23. The number of rotatable bonds is 2. The molecule has 0 aliphatic rings. The van der Waals surface area contributed by atoms with E-state index in [4.69, 9.17) is 4.74 Å². The number of nitrogens with zero attached hydrogens (tertiary/aromatic N) is 2. The summed E-state index contributed by atoms with van der Waals surface area (Å²) in [7, 11) is 1.56. The van der Waals surface area contributed by atoms with E-state index >= 15 is 0 Å². The molecule has 0 radical (unpaired) electrons. The highest BCUT2D eigenvalue weighted by Gasteiger charge is 2.11. The minimum atomic E-state index is -0.138. The lowest BCUT2D eigenvalue weighted by Crippen LogP contribution is -2.22. The summed E-state index contributed by atoms with van der Waals surface area (Å²) in [6.07, 6.45) is 1.66. The van der Waals surface area contributed by atoms with E-state index in [1.807, 2.05) is 24.3 Å². The van der Waals surface area contributed by atoms with Crippen molar-refractivity contribution in [2.75, 3.05) is 7.11 Å². The first-order chi connectivity index (χ1) is 11.2. The normalized spacial score (nSPS) is 12.3. The molecule has 114 valence electrons. The number of thiazole rings is 1. The summed E-state index contributed by atoms with van der Waals surface area (Å²) in [5, 5.41) is 9.97. The number of aromatic hydroxyl groups is 1. The topological polar surface area (TPSA) is 63.8 Å². The maximum atomic E-state index is 12.7. The maximum Gasteiger partial charge on any atom is 0.274 e. The number of phenolic OH excluding ortho intramolecular Hbond substituents is 1. The Morgan fingerprint density at radius 2 is 2.09 bits per heavy atom. The van der Waals surface area contributed by atoms with Crippen LogP contribution in [0.2, 0.25) is 0 Å². The average Bonchev–Trinajstić information content (AvgIpc) is 3.06. The predicted molar refractivity (Wildman–Crippen MR) is 90.3 cm³/mol. The van der Waals surface area contributed by atoms with Gasteiger partial charge in [0.05, 0.1) is 22.7 Å². The number of benzene rings is 2. The van der Waals surface area contributed by atoms with Crippen molar-refractivity contribution in [1.82, 2.24) is 9.38 Å². The zero-order valence-electron chi connectivity index (χ0n) is 12.2. The van der Waals surface area contributed by atoms with Gasteiger partial charge in [0.15, 0.2) is 4.96 Å². The smallest absolute Gasteiger partial charge is 0.274 e. The quantitative estimate of drug-likeness (QED) is 0.614. The average molecular weight is 324 g/mol. The predicted octanol–water partition coefficient (Wildman–Crippen LogP) is 2.17. The third-order valence-corrected chi connectivity index (χ3v) is 4.64. The van der Waals surface area contributed by atoms with Crippen LogP contribution < -0.4 is 14.8 Å². The van der Waals surface area contributed by atoms with Crippen molar-refractivity contribution in [3.63, 3.8) is 0 Å². The van der Waals surface area contributed by atoms with Gasteiger partial charge in [-0.2, -0.15) is 0 Å². The van der Waals surface area contributed by atoms with Gasteiger partial charge in [-0.25, -0.2) is 9.38 Å². The number of hydrogen-bond donors (Lipinski definition) is 1. The number of para-hydroxylation sites is 2. The third-order valence-electron chi connectivity index (χ3n) is 3.67. The zero-order valence-corrected chi connectivity index (χ0v) is 13.0. The fourth-order valence-electron chi connectivity index (χ4n) is 2.53. The minimum Gasteiger partial charge on any atom is -0.507 e. The molecule has 0 aliphatic carbocycles. The molecule has 0 saturated carbocycles. The molecule has 0 saturated heterocycles. The Hall–Kier alpha value is -2.86. The second-order valence-corrected chi connectivity index (χ2v) is 6.07. The summed E-state index contributed by atoms with van der Waals surface area (Å²) < 4.78 is 7.27. The third kappa shape index (κ3) is 2.15. The van der Waals surface area contributed by atoms with Crippen molar-refractivity contribution in [3.05, 3.63) is 62.9 Å². The Morgan fingerprint density at radius 1 is 1.26 bits per heavy atom. The summed E-state index contributed by atoms with van der Waals surface area (Å²) in [6, 6.07) is 12.4. The van der Waals surface area contributed by atoms with Crippen LogP contribution in [0, 0.1) is 0 Å². The molecule has 23 heavy (non-hydrogen) atoms. The molecule has 0 atom stereocenters. The number of imidazole rings is 1. The van der Waals surface area contributed by atoms with Crippen LogP contribution in [0.1, 0.15) is 5.56 Å². The summed E-state index contributed by atoms with van der Waals surface area (Å²) in [5.41, 5.74) is 1.99. The van der Waals surface area contributed by atoms with Crippen LogP contribution in [0.25, 0.3) is 22.1 Å². The van der Waals surface area contributed by atoms with Crippen LogP contribution in [0.3, 0.4) is 0 Å². The highest BCUT2D eigenvalue weighted by molar-refractivity contribution is 7.15. The Kier molecular flexibility index (Phi) is 3.06. The molecule has 0 spiro atoms. The minimum absolute atomic E-state index is 0.0982. The monoisotopic (exact) mass is 324 g/mol. The van der Waals surface area contributed by atoms with E-state index in [1.165, 1.54) is 11.3 Å². The molecule has 2 aromatic carbocycles. The van der Waals surface area contributed by atoms with Gasteiger partial charge in [0.1, 0.15) is 11.5 Å². The van der Waals surface area contributed by atoms with E-state index in [0.717, 1.165) is 11.0 Å². The number of hydrogen-bond acceptors (Lipinski definition) is 5. The number of phenols is 1. The van der Waals surface area contributed by atoms with Crippen LogP contribution in [0.4, 0.5) is 0 Å². The second-order valence-electron chi connectivity index (χ2n) is 5.06. The number of fused-ring (bicyclic) bond motifs is 3. The van der Waals surface area contributed by atoms with E-state index in [1.54, 1.807) is 35.8 Å². The standard InChI is InChI=1S/C17H12N2O3S/c1-22-11-6-7-14(20)10(8-11)9-15-16(21)19-13-5-3-2-4-12(13)18-17(19)23-15/h2-9,20H,1H3. The maximum absolute atomic E-state index is 12.7. The van der Waals surface area contributed by atoms with Gasteiger partial charge in [-0.05, 0) is 36.4 Å². The lowest BCUT2D eigenvalue weighted by Gasteiger charge is -2.02. The molecule has 4 rings (SSSR count). The summed E-state index contributed by atoms with van der Waals surface area (Å²) in [6.45, 7) is 0. The molecule has 0 amide bonds. The first-order valence-electron chi connectivity index (χ1n) is 6.96. The summed E-state index contributed by atoms with van der Waals surface area (Å²) in [5.74, 6) is 0.717. The highest BCUT2D eigenvalue weighted by atomic mass is 32.1. The Morgan fingerprint density at radius 3 is 2.91 bits per heavy atom. The van der Waals surface area contributed by atoms with Gasteiger partial charge in [-0.3, -0.25) is 4.79 Å². The molecule has 5 nitrogen and oxygen atoms in total. The second kappa shape index (κ2) is 5.10. The first-order valence-corrected chi connectivity index (χ1v) is 7.78. The van der Waals surface area contributed by atoms with Crippen LogP contribution in [-0.4, -0.2) is 21.6 Å². The molecule has 6 heteroatoms. The first kappa shape index (κ1) is 13.8. The van der Waals surface area contributed by atoms with Crippen molar-refractivity contribution < 1.29 is 9.84 Å². The lowest BCUT2D eigenvalue weighted by atomic mass is 10.2. The van der Waals surface area contributed by atoms with Crippen LogP contribution in [0.5, 0.6) is 11.5 Å². The molecule has 0 fully saturated rings. The molecule has 4 aromatic rings. The SMILES string of the molecule is COc1ccc(O)c(C=c2sc3nc4ccccc4n3c2=O)c1. The number of aromatic nitrogens is 2. The largest absolute Gasteiger partial charge is 0.507 e. The van der Waals surface area contributed by atoms with Gasteiger partial charge >= 0.3 is 0 Å². The van der Waals surface area contributed by atoms with Gasteiger partial charge in [0.25, 0.3) is 5.56 Å². The fourth-order valence-corrected chi connectivity index (χ4v) is 3.51. The Labute approximate surface area is 134 Å². The molecule has 2 heterocycles. The van der Waals surface area contributed by atoms with Crippen molar-refractivity contribution in [3.8, 4) is 11.5 Å². The van der Waals surface area contributed by atoms with E-state index in [-0.39, 0.29) is 11.3 Å². The number of ether oxygens (including phenoxy) is 1. The van der Waals surface area contributed by atoms with E-state index in [0.29, 0.717) is 20.8 Å². The zero-order chi connectivity index (χ0) is 16.0. The van der Waals surface area contributed by atoms with Gasteiger partial charge in [-0.1, -0.05) is 23.5 Å². The van der Waals surface area contributed by atoms with Crippen molar-refractivity contribution in [2.45, 2.75) is 0 Å². The fraction of sp³-hybridized carbons (Fsp3) is 0.0588. The van der Waals surface area contributed by atoms with E-state index < -0.39 is 0 Å². The molecule has 2 aromatic heterocycles. The van der Waals surface area contributed by atoms with Crippen LogP contribution in [0.15, 0.2) is 47.3 Å². The molecule has 0 unspecified atom stereocenters. The lowest BCUT2D eigenvalue weighted by molar-refractivity contribution is 0.412. The van der Waals surface area contributed by atoms with E-state index in [9.17, 15) is 9.90 Å². The van der Waals surface area contributed by atoms with Crippen molar-refractivity contribution in [2.24, 2.45) is 0 Å². The Balaban J connectivity index is 1.99. The van der Waals surface area contributed by atoms with Gasteiger partial charge in [0, 0.05) is 5.56 Å². The van der Waals surface area contributed by atoms with Gasteiger partial charge in [0.2, 0.25) is 0 Å². The molecule has 1 N–H and O–H groups in total. The van der Waals surface area contributed by atoms with E-state index in [2.05, 4.69) is 4.98 Å². The van der Waals surface area contributed by atoms with Crippen LogP contribution >= 0.6 is 11.3 Å². The Bertz CT molecular complexity index is 1140. The van der Waals surface area contributed by atoms with Crippen LogP contribution in [-0.2, 0) is 0 Å². The molecule has 0 aliphatic heterocycles. The van der Waals surface area contributed by atoms with Crippen molar-refractivity contribution in [1.29, 1.82) is 0 Å². The number of methoxy groups -OCH3 is 1. The van der Waals surface area contributed by atoms with Gasteiger partial charge < -0.3 is 9.84 Å². The summed E-state index contributed by atoms with van der Waals surface area (Å²) in [4.78, 5) is 17.8. The molecule has 0 bridgehead atoms. The molecular weight excluding hydrogens is 312 g/mol. The van der Waals surface area contributed by atoms with Crippen molar-refractivity contribution >= 4 is 33.4 Å².